The zero-order valence-corrected chi connectivity index (χ0v) is 17.9. The van der Waals surface area contributed by atoms with Gasteiger partial charge in [-0.15, -0.1) is 0 Å². The lowest BCUT2D eigenvalue weighted by atomic mass is 10.1. The smallest absolute Gasteiger partial charge is 0.293 e. The summed E-state index contributed by atoms with van der Waals surface area (Å²) in [6.45, 7) is 1.65. The molecule has 0 bridgehead atoms. The molecule has 2 heterocycles. The fourth-order valence-corrected chi connectivity index (χ4v) is 4.03. The van der Waals surface area contributed by atoms with E-state index in [2.05, 4.69) is 15.3 Å². The van der Waals surface area contributed by atoms with Gasteiger partial charge in [-0.25, -0.2) is 5.10 Å². The van der Waals surface area contributed by atoms with Crippen LogP contribution in [0.1, 0.15) is 18.4 Å². The molecule has 1 saturated heterocycles. The van der Waals surface area contributed by atoms with Gasteiger partial charge in [0.2, 0.25) is 4.77 Å². The molecule has 11 heteroatoms. The lowest BCUT2D eigenvalue weighted by Crippen LogP contribution is -2.19. The maximum absolute atomic E-state index is 11.6. The highest BCUT2D eigenvalue weighted by molar-refractivity contribution is 7.71. The van der Waals surface area contributed by atoms with Gasteiger partial charge in [-0.05, 0) is 49.3 Å². The van der Waals surface area contributed by atoms with E-state index in [0.717, 1.165) is 25.9 Å². The molecule has 0 radical (unpaired) electrons. The van der Waals surface area contributed by atoms with Crippen molar-refractivity contribution in [1.82, 2.24) is 14.9 Å². The number of aromatic amines is 1. The quantitative estimate of drug-likeness (QED) is 0.240. The molecule has 0 spiro atoms. The van der Waals surface area contributed by atoms with Gasteiger partial charge in [0.25, 0.3) is 5.69 Å². The third-order valence-electron chi connectivity index (χ3n) is 4.79. The summed E-state index contributed by atoms with van der Waals surface area (Å²) in [7, 11) is 0. The van der Waals surface area contributed by atoms with E-state index in [-0.39, 0.29) is 15.4 Å². The van der Waals surface area contributed by atoms with Crippen molar-refractivity contribution in [2.75, 3.05) is 18.0 Å². The first-order valence-corrected chi connectivity index (χ1v) is 10.3. The first-order chi connectivity index (χ1) is 14.4. The fraction of sp³-hybridized carbons (Fsp3) is 0.211. The average molecular weight is 463 g/mol. The number of nitro groups is 1. The van der Waals surface area contributed by atoms with Gasteiger partial charge < -0.3 is 4.90 Å². The molecule has 1 aliphatic heterocycles. The van der Waals surface area contributed by atoms with Crippen molar-refractivity contribution in [3.05, 3.63) is 66.9 Å². The predicted molar refractivity (Wildman–Crippen MR) is 120 cm³/mol. The molecule has 1 N–H and O–H groups in total. The minimum Gasteiger partial charge on any atom is -0.366 e. The molecule has 4 rings (SSSR count). The second-order valence-electron chi connectivity index (χ2n) is 6.73. The number of nitrogens with zero attached hydrogens (tertiary/aromatic N) is 5. The molecular weight excluding hydrogens is 447 g/mol. The number of nitro benzene ring substituents is 1. The minimum atomic E-state index is -0.368. The normalized spacial score (nSPS) is 14.0. The van der Waals surface area contributed by atoms with E-state index in [1.165, 1.54) is 17.0 Å². The van der Waals surface area contributed by atoms with Gasteiger partial charge >= 0.3 is 0 Å². The topological polar surface area (TPSA) is 92.3 Å². The molecule has 1 aromatic heterocycles. The number of rotatable bonds is 5. The average Bonchev–Trinajstić information content (AvgIpc) is 3.36. The van der Waals surface area contributed by atoms with Gasteiger partial charge in [0.05, 0.1) is 16.2 Å². The number of halogens is 2. The Bertz CT molecular complexity index is 1200. The highest BCUT2D eigenvalue weighted by Crippen LogP contribution is 2.32. The lowest BCUT2D eigenvalue weighted by Gasteiger charge is -2.17. The van der Waals surface area contributed by atoms with Crippen LogP contribution in [0, 0.1) is 14.9 Å². The minimum absolute atomic E-state index is 0.0533. The molecule has 8 nitrogen and oxygen atoms in total. The first-order valence-electron chi connectivity index (χ1n) is 9.14. The van der Waals surface area contributed by atoms with Gasteiger partial charge in [0.1, 0.15) is 5.69 Å². The molecule has 0 aliphatic carbocycles. The van der Waals surface area contributed by atoms with Crippen molar-refractivity contribution >= 4 is 53.0 Å². The van der Waals surface area contributed by atoms with E-state index in [1.54, 1.807) is 30.3 Å². The highest BCUT2D eigenvalue weighted by Gasteiger charge is 2.22. The van der Waals surface area contributed by atoms with Crippen molar-refractivity contribution in [1.29, 1.82) is 0 Å². The number of hydrogen-bond donors (Lipinski definition) is 1. The third kappa shape index (κ3) is 4.09. The molecule has 30 heavy (non-hydrogen) atoms. The van der Waals surface area contributed by atoms with Crippen molar-refractivity contribution in [3.8, 4) is 11.4 Å². The summed E-state index contributed by atoms with van der Waals surface area (Å²) < 4.78 is 1.67. The van der Waals surface area contributed by atoms with E-state index in [4.69, 9.17) is 35.4 Å². The molecule has 154 valence electrons. The molecule has 0 amide bonds. The largest absolute Gasteiger partial charge is 0.366 e. The number of benzene rings is 2. The molecule has 0 unspecified atom stereocenters. The van der Waals surface area contributed by atoms with Gasteiger partial charge in [-0.3, -0.25) is 10.1 Å². The summed E-state index contributed by atoms with van der Waals surface area (Å²) >= 11 is 17.5. The Morgan fingerprint density at radius 2 is 1.97 bits per heavy atom. The Morgan fingerprint density at radius 1 is 1.20 bits per heavy atom. The summed E-state index contributed by atoms with van der Waals surface area (Å²) in [5.74, 6) is 0.404. The van der Waals surface area contributed by atoms with E-state index < -0.39 is 0 Å². The van der Waals surface area contributed by atoms with E-state index in [0.29, 0.717) is 32.7 Å². The van der Waals surface area contributed by atoms with E-state index in [1.807, 2.05) is 4.90 Å². The van der Waals surface area contributed by atoms with Crippen LogP contribution >= 0.6 is 35.4 Å². The van der Waals surface area contributed by atoms with Crippen molar-refractivity contribution in [2.24, 2.45) is 5.10 Å². The highest BCUT2D eigenvalue weighted by atomic mass is 35.5. The van der Waals surface area contributed by atoms with Gasteiger partial charge in [-0.1, -0.05) is 29.3 Å². The second kappa shape index (κ2) is 8.55. The molecule has 0 saturated carbocycles. The molecule has 0 atom stereocenters. The lowest BCUT2D eigenvalue weighted by molar-refractivity contribution is -0.384. The Kier molecular flexibility index (Phi) is 5.85. The Morgan fingerprint density at radius 3 is 2.67 bits per heavy atom. The van der Waals surface area contributed by atoms with E-state index in [9.17, 15) is 10.1 Å². The second-order valence-corrected chi connectivity index (χ2v) is 7.96. The summed E-state index contributed by atoms with van der Waals surface area (Å²) in [6, 6.07) is 10.1. The maximum Gasteiger partial charge on any atom is 0.293 e. The third-order valence-corrected chi connectivity index (χ3v) is 5.60. The van der Waals surface area contributed by atoms with E-state index >= 15 is 0 Å². The van der Waals surface area contributed by atoms with Gasteiger partial charge in [0.15, 0.2) is 5.82 Å². The van der Waals surface area contributed by atoms with Crippen LogP contribution < -0.4 is 4.90 Å². The SMILES string of the molecule is O=[N+]([O-])c1cc(/C=N\n2c(-c3ccc(Cl)cc3Cl)n[nH]c2=S)ccc1N1CCCC1. The Hall–Kier alpha value is -2.75. The van der Waals surface area contributed by atoms with Gasteiger partial charge in [0, 0.05) is 35.3 Å². The summed E-state index contributed by atoms with van der Waals surface area (Å²) in [5, 5.41) is 23.7. The number of aromatic nitrogens is 3. The summed E-state index contributed by atoms with van der Waals surface area (Å²) in [6.07, 6.45) is 3.57. The van der Waals surface area contributed by atoms with Crippen LogP contribution in [-0.2, 0) is 0 Å². The zero-order chi connectivity index (χ0) is 21.3. The van der Waals surface area contributed by atoms with Crippen molar-refractivity contribution in [3.63, 3.8) is 0 Å². The fourth-order valence-electron chi connectivity index (χ4n) is 3.36. The number of anilines is 1. The van der Waals surface area contributed by atoms with Crippen LogP contribution in [0.15, 0.2) is 41.5 Å². The molecular formula is C19H16Cl2N6O2S. The van der Waals surface area contributed by atoms with Crippen LogP contribution in [0.25, 0.3) is 11.4 Å². The van der Waals surface area contributed by atoms with Crippen LogP contribution in [0.3, 0.4) is 0 Å². The van der Waals surface area contributed by atoms with Crippen molar-refractivity contribution in [2.45, 2.75) is 12.8 Å². The first kappa shape index (κ1) is 20.5. The summed E-state index contributed by atoms with van der Waals surface area (Å²) in [4.78, 5) is 13.3. The Labute approximate surface area is 186 Å². The molecule has 3 aromatic rings. The number of hydrogen-bond acceptors (Lipinski definition) is 6. The molecule has 2 aromatic carbocycles. The molecule has 1 fully saturated rings. The number of nitrogens with one attached hydrogen (secondary N) is 1. The van der Waals surface area contributed by atoms with Crippen LogP contribution in [0.4, 0.5) is 11.4 Å². The zero-order valence-electron chi connectivity index (χ0n) is 15.6. The van der Waals surface area contributed by atoms with Crippen LogP contribution in [0.5, 0.6) is 0 Å². The van der Waals surface area contributed by atoms with Crippen LogP contribution in [0.2, 0.25) is 10.0 Å². The number of H-pyrrole nitrogens is 1. The van der Waals surface area contributed by atoms with Gasteiger partial charge in [-0.2, -0.15) is 14.9 Å². The molecule has 1 aliphatic rings. The standard InChI is InChI=1S/C19H16Cl2N6O2S/c20-13-4-5-14(15(21)10-13)18-23-24-19(30)26(18)22-11-12-3-6-16(17(9-12)27(28)29)25-7-1-2-8-25/h3-6,9-11H,1-2,7-8H2,(H,24,30)/b22-11-. The van der Waals surface area contributed by atoms with Crippen molar-refractivity contribution < 1.29 is 4.92 Å². The summed E-state index contributed by atoms with van der Waals surface area (Å²) in [5.41, 5.74) is 1.85. The monoisotopic (exact) mass is 462 g/mol. The van der Waals surface area contributed by atoms with Crippen LogP contribution in [-0.4, -0.2) is 39.1 Å². The maximum atomic E-state index is 11.6. The Balaban J connectivity index is 1.69. The predicted octanol–water partition coefficient (Wildman–Crippen LogP) is 5.31.